The first-order valence-electron chi connectivity index (χ1n) is 14.7. The van der Waals surface area contributed by atoms with Crippen molar-refractivity contribution in [2.24, 2.45) is 0 Å². The van der Waals surface area contributed by atoms with Crippen molar-refractivity contribution in [3.05, 3.63) is 179 Å². The zero-order chi connectivity index (χ0) is 29.9. The summed E-state index contributed by atoms with van der Waals surface area (Å²) >= 11 is 7.38. The summed E-state index contributed by atoms with van der Waals surface area (Å²) in [7, 11) is 0. The van der Waals surface area contributed by atoms with Gasteiger partial charge in [0.15, 0.2) is 0 Å². The van der Waals surface area contributed by atoms with Crippen molar-refractivity contribution < 1.29 is 0 Å². The van der Waals surface area contributed by atoms with Crippen molar-refractivity contribution in [1.29, 1.82) is 0 Å². The quantitative estimate of drug-likeness (QED) is 0.163. The Morgan fingerprint density at radius 2 is 0.386 bits per heavy atom. The zero-order valence-corrected chi connectivity index (χ0v) is 27.1. The van der Waals surface area contributed by atoms with Crippen LogP contribution in [0.2, 0.25) is 0 Å². The minimum Gasteiger partial charge on any atom is -0.0622 e. The molecule has 0 amide bonds. The summed E-state index contributed by atoms with van der Waals surface area (Å²) in [5, 5.41) is 0. The third kappa shape index (κ3) is 5.48. The molecule has 210 valence electrons. The predicted octanol–water partition coefficient (Wildman–Crippen LogP) is 13.2. The lowest BCUT2D eigenvalue weighted by atomic mass is 9.74. The van der Waals surface area contributed by atoms with Gasteiger partial charge < -0.3 is 0 Å². The van der Waals surface area contributed by atoms with Crippen LogP contribution in [-0.4, -0.2) is 0 Å². The first-order valence-corrected chi connectivity index (χ1v) is 16.2. The molecule has 0 N–H and O–H groups in total. The Kier molecular flexibility index (Phi) is 8.11. The van der Waals surface area contributed by atoms with Gasteiger partial charge in [-0.05, 0) is 91.0 Å². The highest BCUT2D eigenvalue weighted by Crippen LogP contribution is 2.55. The van der Waals surface area contributed by atoms with Gasteiger partial charge in [0.1, 0.15) is 0 Å². The van der Waals surface area contributed by atoms with E-state index in [1.807, 2.05) is 0 Å². The fourth-order valence-corrected chi connectivity index (χ4v) is 6.66. The first-order chi connectivity index (χ1) is 21.7. The van der Waals surface area contributed by atoms with Crippen LogP contribution in [0.5, 0.6) is 0 Å². The second-order valence-electron chi connectivity index (χ2n) is 10.7. The van der Waals surface area contributed by atoms with Crippen LogP contribution in [0, 0.1) is 0 Å². The Bertz CT molecular complexity index is 1760. The number of halogens is 2. The largest absolute Gasteiger partial charge is 0.0622 e. The molecule has 0 saturated carbocycles. The van der Waals surface area contributed by atoms with Gasteiger partial charge >= 0.3 is 0 Å². The second-order valence-corrected chi connectivity index (χ2v) is 12.6. The van der Waals surface area contributed by atoms with Gasteiger partial charge in [-0.25, -0.2) is 0 Å². The highest BCUT2D eigenvalue weighted by atomic mass is 79.9. The van der Waals surface area contributed by atoms with Gasteiger partial charge in [-0.2, -0.15) is 0 Å². The lowest BCUT2D eigenvalue weighted by Crippen LogP contribution is -2.02. The Labute approximate surface area is 276 Å². The summed E-state index contributed by atoms with van der Waals surface area (Å²) in [6, 6.07) is 61.0. The van der Waals surface area contributed by atoms with Gasteiger partial charge in [-0.3, -0.25) is 0 Å². The summed E-state index contributed by atoms with van der Waals surface area (Å²) in [5.74, 6) is 0. The molecule has 0 fully saturated rings. The minimum atomic E-state index is 1.06. The van der Waals surface area contributed by atoms with E-state index in [1.165, 1.54) is 66.8 Å². The fraction of sp³-hybridized carbons (Fsp3) is 0. The molecule has 7 aromatic carbocycles. The molecule has 44 heavy (non-hydrogen) atoms. The van der Waals surface area contributed by atoms with E-state index in [0.29, 0.717) is 0 Å². The second kappa shape index (κ2) is 12.6. The maximum atomic E-state index is 3.69. The van der Waals surface area contributed by atoms with E-state index < -0.39 is 0 Å². The van der Waals surface area contributed by atoms with Crippen LogP contribution in [0.1, 0.15) is 0 Å². The molecular weight excluding hydrogens is 664 g/mol. The Morgan fingerprint density at radius 1 is 0.205 bits per heavy atom. The average molecular weight is 692 g/mol. The topological polar surface area (TPSA) is 0 Å². The maximum Gasteiger partial charge on any atom is 0.0175 e. The van der Waals surface area contributed by atoms with Crippen LogP contribution < -0.4 is 0 Å². The van der Waals surface area contributed by atoms with Crippen molar-refractivity contribution >= 4 is 31.9 Å². The summed E-state index contributed by atoms with van der Waals surface area (Å²) < 4.78 is 2.11. The Hall–Kier alpha value is -4.50. The fourth-order valence-electron chi connectivity index (χ4n) is 6.13. The van der Waals surface area contributed by atoms with Gasteiger partial charge in [0.2, 0.25) is 0 Å². The molecule has 2 heteroatoms. The summed E-state index contributed by atoms with van der Waals surface area (Å²) in [6.07, 6.45) is 0. The lowest BCUT2D eigenvalue weighted by Gasteiger charge is -2.28. The molecule has 0 unspecified atom stereocenters. The molecule has 7 rings (SSSR count). The third-order valence-electron chi connectivity index (χ3n) is 8.02. The van der Waals surface area contributed by atoms with Gasteiger partial charge in [-0.1, -0.05) is 177 Å². The van der Waals surface area contributed by atoms with E-state index in [0.717, 1.165) is 8.95 Å². The van der Waals surface area contributed by atoms with Crippen molar-refractivity contribution in [2.75, 3.05) is 0 Å². The van der Waals surface area contributed by atoms with Gasteiger partial charge in [0, 0.05) is 8.95 Å². The summed E-state index contributed by atoms with van der Waals surface area (Å²) in [5.41, 5.74) is 14.4. The number of hydrogen-bond acceptors (Lipinski definition) is 0. The van der Waals surface area contributed by atoms with Gasteiger partial charge in [0.05, 0.1) is 0 Å². The highest BCUT2D eigenvalue weighted by Gasteiger charge is 2.28. The molecule has 0 heterocycles. The Balaban J connectivity index is 1.81. The van der Waals surface area contributed by atoms with E-state index in [-0.39, 0.29) is 0 Å². The van der Waals surface area contributed by atoms with Crippen molar-refractivity contribution in [2.45, 2.75) is 0 Å². The molecule has 0 aliphatic rings. The summed E-state index contributed by atoms with van der Waals surface area (Å²) in [4.78, 5) is 0. The standard InChI is InChI=1S/C42H28Br2/c43-35-25-21-33(22-26-35)41-37(29-13-5-1-6-14-29)38(30-15-7-2-8-16-30)42(34-23-27-36(44)28-24-34)40(32-19-11-4-12-20-32)39(41)31-17-9-3-10-18-31/h1-28H. The van der Waals surface area contributed by atoms with Crippen molar-refractivity contribution in [3.8, 4) is 66.8 Å². The number of benzene rings is 7. The average Bonchev–Trinajstić information content (AvgIpc) is 3.09. The predicted molar refractivity (Wildman–Crippen MR) is 194 cm³/mol. The molecule has 0 aliphatic heterocycles. The van der Waals surface area contributed by atoms with E-state index in [1.54, 1.807) is 0 Å². The van der Waals surface area contributed by atoms with Crippen molar-refractivity contribution in [1.82, 2.24) is 0 Å². The van der Waals surface area contributed by atoms with Crippen LogP contribution in [0.25, 0.3) is 66.8 Å². The minimum absolute atomic E-state index is 1.06. The van der Waals surface area contributed by atoms with E-state index >= 15 is 0 Å². The van der Waals surface area contributed by atoms with Crippen LogP contribution in [0.3, 0.4) is 0 Å². The molecule has 0 spiro atoms. The highest BCUT2D eigenvalue weighted by molar-refractivity contribution is 9.10. The SMILES string of the molecule is Brc1ccc(-c2c(-c3ccccc3)c(-c3ccccc3)c(-c3ccc(Br)cc3)c(-c3ccccc3)c2-c2ccccc2)cc1. The molecule has 0 aromatic heterocycles. The molecule has 0 atom stereocenters. The molecular formula is C42H28Br2. The number of hydrogen-bond donors (Lipinski definition) is 0. The van der Waals surface area contributed by atoms with Gasteiger partial charge in [0.25, 0.3) is 0 Å². The first kappa shape index (κ1) is 28.3. The molecule has 0 saturated heterocycles. The van der Waals surface area contributed by atoms with E-state index in [2.05, 4.69) is 202 Å². The monoisotopic (exact) mass is 690 g/mol. The summed E-state index contributed by atoms with van der Waals surface area (Å²) in [6.45, 7) is 0. The van der Waals surface area contributed by atoms with E-state index in [9.17, 15) is 0 Å². The maximum absolute atomic E-state index is 3.69. The molecule has 0 bridgehead atoms. The Morgan fingerprint density at radius 3 is 0.591 bits per heavy atom. The zero-order valence-electron chi connectivity index (χ0n) is 23.9. The molecule has 7 aromatic rings. The molecule has 0 nitrogen and oxygen atoms in total. The van der Waals surface area contributed by atoms with Crippen LogP contribution in [0.4, 0.5) is 0 Å². The number of rotatable bonds is 6. The van der Waals surface area contributed by atoms with Gasteiger partial charge in [-0.15, -0.1) is 0 Å². The third-order valence-corrected chi connectivity index (χ3v) is 9.07. The van der Waals surface area contributed by atoms with Crippen LogP contribution >= 0.6 is 31.9 Å². The van der Waals surface area contributed by atoms with Crippen LogP contribution in [0.15, 0.2) is 179 Å². The normalized spacial score (nSPS) is 11.0. The molecule has 0 radical (unpaired) electrons. The van der Waals surface area contributed by atoms with Crippen molar-refractivity contribution in [3.63, 3.8) is 0 Å². The smallest absolute Gasteiger partial charge is 0.0175 e. The lowest BCUT2D eigenvalue weighted by molar-refractivity contribution is 1.51. The van der Waals surface area contributed by atoms with E-state index in [4.69, 9.17) is 0 Å². The van der Waals surface area contributed by atoms with Crippen LogP contribution in [-0.2, 0) is 0 Å². The molecule has 0 aliphatic carbocycles.